The molecule has 0 aliphatic rings. The molecule has 1 N–H and O–H groups in total. The van der Waals surface area contributed by atoms with Gasteiger partial charge in [-0.25, -0.2) is 14.4 Å². The highest BCUT2D eigenvalue weighted by molar-refractivity contribution is 5.88. The maximum atomic E-state index is 12.2. The van der Waals surface area contributed by atoms with Crippen LogP contribution in [0, 0.1) is 5.92 Å². The molecule has 8 nitrogen and oxygen atoms in total. The van der Waals surface area contributed by atoms with Crippen LogP contribution in [0.5, 0.6) is 0 Å². The molecule has 0 radical (unpaired) electrons. The fourth-order valence-electron chi connectivity index (χ4n) is 1.92. The van der Waals surface area contributed by atoms with E-state index in [4.69, 9.17) is 9.47 Å². The maximum absolute atomic E-state index is 12.2. The minimum Gasteiger partial charge on any atom is -0.445 e. The van der Waals surface area contributed by atoms with Crippen LogP contribution in [0.1, 0.15) is 46.6 Å². The van der Waals surface area contributed by atoms with Crippen LogP contribution in [0.15, 0.2) is 24.5 Å². The standard InChI is InChI=1S/C18H26N2O6/c1-12(2)10-14(15(21)25-17(23)26-18(3,4)5)20-16(22)24-11-13-6-8-19-9-7-13/h6-9,12,14H,10-11H2,1-5H3,(H,20,22)/t14-/m0/s1. The lowest BCUT2D eigenvalue weighted by Crippen LogP contribution is -2.44. The van der Waals surface area contributed by atoms with Gasteiger partial charge in [0.1, 0.15) is 18.2 Å². The normalized spacial score (nSPS) is 12.2. The number of amides is 1. The van der Waals surface area contributed by atoms with Gasteiger partial charge in [-0.2, -0.15) is 0 Å². The number of nitrogens with zero attached hydrogens (tertiary/aromatic N) is 1. The second-order valence-electron chi connectivity index (χ2n) is 7.14. The topological polar surface area (TPSA) is 104 Å². The summed E-state index contributed by atoms with van der Waals surface area (Å²) in [6.45, 7) is 8.73. The van der Waals surface area contributed by atoms with Crippen LogP contribution in [-0.2, 0) is 25.6 Å². The Morgan fingerprint density at radius 3 is 2.31 bits per heavy atom. The second kappa shape index (κ2) is 9.74. The molecule has 26 heavy (non-hydrogen) atoms. The van der Waals surface area contributed by atoms with E-state index in [-0.39, 0.29) is 18.9 Å². The molecule has 1 amide bonds. The van der Waals surface area contributed by atoms with Crippen molar-refractivity contribution in [2.45, 2.75) is 59.3 Å². The molecule has 1 aromatic rings. The van der Waals surface area contributed by atoms with Crippen LogP contribution in [-0.4, -0.2) is 34.8 Å². The van der Waals surface area contributed by atoms with Crippen molar-refractivity contribution >= 4 is 18.2 Å². The van der Waals surface area contributed by atoms with Gasteiger partial charge in [-0.15, -0.1) is 0 Å². The first-order valence-electron chi connectivity index (χ1n) is 8.33. The van der Waals surface area contributed by atoms with Crippen LogP contribution in [0.4, 0.5) is 9.59 Å². The van der Waals surface area contributed by atoms with Crippen molar-refractivity contribution in [1.82, 2.24) is 10.3 Å². The Bertz CT molecular complexity index is 610. The van der Waals surface area contributed by atoms with Gasteiger partial charge in [0, 0.05) is 12.4 Å². The molecule has 0 unspecified atom stereocenters. The molecule has 0 saturated carbocycles. The molecular formula is C18H26N2O6. The van der Waals surface area contributed by atoms with E-state index in [1.807, 2.05) is 13.8 Å². The molecule has 0 aliphatic heterocycles. The largest absolute Gasteiger partial charge is 0.516 e. The number of pyridine rings is 1. The monoisotopic (exact) mass is 366 g/mol. The molecule has 0 bridgehead atoms. The first-order chi connectivity index (χ1) is 12.1. The second-order valence-corrected chi connectivity index (χ2v) is 7.14. The number of nitrogens with one attached hydrogen (secondary N) is 1. The van der Waals surface area contributed by atoms with Crippen molar-refractivity contribution in [3.05, 3.63) is 30.1 Å². The smallest absolute Gasteiger partial charge is 0.445 e. The fraction of sp³-hybridized carbons (Fsp3) is 0.556. The van der Waals surface area contributed by atoms with Crippen molar-refractivity contribution in [1.29, 1.82) is 0 Å². The Morgan fingerprint density at radius 2 is 1.77 bits per heavy atom. The maximum Gasteiger partial charge on any atom is 0.516 e. The molecule has 1 rings (SSSR count). The van der Waals surface area contributed by atoms with Crippen LogP contribution >= 0.6 is 0 Å². The molecule has 1 heterocycles. The number of rotatable bonds is 6. The zero-order valence-electron chi connectivity index (χ0n) is 15.8. The number of ether oxygens (including phenoxy) is 3. The van der Waals surface area contributed by atoms with Crippen LogP contribution in [0.2, 0.25) is 0 Å². The van der Waals surface area contributed by atoms with Crippen molar-refractivity contribution in [3.8, 4) is 0 Å². The summed E-state index contributed by atoms with van der Waals surface area (Å²) >= 11 is 0. The lowest BCUT2D eigenvalue weighted by molar-refractivity contribution is -0.144. The van der Waals surface area contributed by atoms with Crippen molar-refractivity contribution in [3.63, 3.8) is 0 Å². The Hall–Kier alpha value is -2.64. The summed E-state index contributed by atoms with van der Waals surface area (Å²) in [7, 11) is 0. The molecule has 1 atom stereocenters. The number of carbonyl (C=O) groups excluding carboxylic acids is 3. The van der Waals surface area contributed by atoms with Gasteiger partial charge in [-0.05, 0) is 50.8 Å². The third-order valence-electron chi connectivity index (χ3n) is 2.98. The Kier molecular flexibility index (Phi) is 8.02. The number of carbonyl (C=O) groups is 3. The average molecular weight is 366 g/mol. The summed E-state index contributed by atoms with van der Waals surface area (Å²) in [6, 6.07) is 2.39. The molecule has 0 spiro atoms. The molecule has 0 fully saturated rings. The summed E-state index contributed by atoms with van der Waals surface area (Å²) in [5.41, 5.74) is -0.0335. The van der Waals surface area contributed by atoms with E-state index in [9.17, 15) is 14.4 Å². The van der Waals surface area contributed by atoms with E-state index in [1.165, 1.54) is 0 Å². The highest BCUT2D eigenvalue weighted by Crippen LogP contribution is 2.11. The molecule has 8 heteroatoms. The average Bonchev–Trinajstić information content (AvgIpc) is 2.51. The molecule has 0 aliphatic carbocycles. The summed E-state index contributed by atoms with van der Waals surface area (Å²) in [5, 5.41) is 2.43. The first kappa shape index (κ1) is 21.4. The van der Waals surface area contributed by atoms with E-state index < -0.39 is 29.9 Å². The summed E-state index contributed by atoms with van der Waals surface area (Å²) in [4.78, 5) is 39.6. The molecule has 144 valence electrons. The highest BCUT2D eigenvalue weighted by Gasteiger charge is 2.28. The van der Waals surface area contributed by atoms with Crippen LogP contribution in [0.3, 0.4) is 0 Å². The van der Waals surface area contributed by atoms with Gasteiger partial charge in [0.25, 0.3) is 0 Å². The van der Waals surface area contributed by atoms with Gasteiger partial charge in [-0.1, -0.05) is 13.8 Å². The molecule has 1 aromatic heterocycles. The van der Waals surface area contributed by atoms with Crippen molar-refractivity contribution in [2.24, 2.45) is 5.92 Å². The minimum atomic E-state index is -1.11. The highest BCUT2D eigenvalue weighted by atomic mass is 16.7. The predicted octanol–water partition coefficient (Wildman–Crippen LogP) is 3.20. The zero-order chi connectivity index (χ0) is 19.7. The van der Waals surface area contributed by atoms with Crippen LogP contribution < -0.4 is 5.32 Å². The molecule has 0 aromatic carbocycles. The summed E-state index contributed by atoms with van der Waals surface area (Å²) in [5.74, 6) is -0.819. The Labute approximate surface area is 153 Å². The van der Waals surface area contributed by atoms with Gasteiger partial charge in [0.15, 0.2) is 0 Å². The van der Waals surface area contributed by atoms with Gasteiger partial charge in [-0.3, -0.25) is 4.98 Å². The number of aromatic nitrogens is 1. The number of hydrogen-bond acceptors (Lipinski definition) is 7. The van der Waals surface area contributed by atoms with Crippen LogP contribution in [0.25, 0.3) is 0 Å². The van der Waals surface area contributed by atoms with Gasteiger partial charge in [0.05, 0.1) is 0 Å². The van der Waals surface area contributed by atoms with E-state index in [1.54, 1.807) is 45.3 Å². The number of alkyl carbamates (subject to hydrolysis) is 1. The van der Waals surface area contributed by atoms with E-state index >= 15 is 0 Å². The SMILES string of the molecule is CC(C)C[C@H](NC(=O)OCc1ccncc1)C(=O)OC(=O)OC(C)(C)C. The summed E-state index contributed by atoms with van der Waals surface area (Å²) in [6.07, 6.45) is 1.55. The van der Waals surface area contributed by atoms with E-state index in [0.29, 0.717) is 0 Å². The van der Waals surface area contributed by atoms with Crippen molar-refractivity contribution in [2.75, 3.05) is 0 Å². The first-order valence-corrected chi connectivity index (χ1v) is 8.33. The third-order valence-corrected chi connectivity index (χ3v) is 2.98. The predicted molar refractivity (Wildman–Crippen MR) is 93.1 cm³/mol. The van der Waals surface area contributed by atoms with Crippen molar-refractivity contribution < 1.29 is 28.6 Å². The summed E-state index contributed by atoms with van der Waals surface area (Å²) < 4.78 is 14.7. The van der Waals surface area contributed by atoms with Gasteiger partial charge >= 0.3 is 18.2 Å². The Balaban J connectivity index is 2.60. The quantitative estimate of drug-likeness (QED) is 0.609. The fourth-order valence-corrected chi connectivity index (χ4v) is 1.92. The lowest BCUT2D eigenvalue weighted by Gasteiger charge is -2.21. The number of hydrogen-bond donors (Lipinski definition) is 1. The van der Waals surface area contributed by atoms with Gasteiger partial charge in [0.2, 0.25) is 0 Å². The van der Waals surface area contributed by atoms with E-state index in [0.717, 1.165) is 5.56 Å². The molecular weight excluding hydrogens is 340 g/mol. The minimum absolute atomic E-state index is 0.0316. The van der Waals surface area contributed by atoms with Gasteiger partial charge < -0.3 is 19.5 Å². The Morgan fingerprint density at radius 1 is 1.15 bits per heavy atom. The number of esters is 1. The van der Waals surface area contributed by atoms with E-state index in [2.05, 4.69) is 15.0 Å². The molecule has 0 saturated heterocycles. The third kappa shape index (κ3) is 9.00. The zero-order valence-corrected chi connectivity index (χ0v) is 15.8. The lowest BCUT2D eigenvalue weighted by atomic mass is 10.0.